The fourth-order valence-corrected chi connectivity index (χ4v) is 4.60. The van der Waals surface area contributed by atoms with E-state index < -0.39 is 15.8 Å². The van der Waals surface area contributed by atoms with Crippen molar-refractivity contribution in [2.75, 3.05) is 31.1 Å². The first-order valence-electron chi connectivity index (χ1n) is 8.22. The van der Waals surface area contributed by atoms with Gasteiger partial charge in [-0.3, -0.25) is 0 Å². The normalized spacial score (nSPS) is 15.7. The Hall–Kier alpha value is -2.50. The van der Waals surface area contributed by atoms with Gasteiger partial charge in [-0.1, -0.05) is 12.1 Å². The van der Waals surface area contributed by atoms with Gasteiger partial charge in [-0.2, -0.15) is 9.57 Å². The molecule has 0 atom stereocenters. The van der Waals surface area contributed by atoms with E-state index in [-0.39, 0.29) is 18.0 Å². The second kappa shape index (κ2) is 7.02. The zero-order chi connectivity index (χ0) is 18.9. The first-order chi connectivity index (χ1) is 12.3. The second-order valence-corrected chi connectivity index (χ2v) is 8.12. The van der Waals surface area contributed by atoms with Crippen LogP contribution in [0.5, 0.6) is 0 Å². The topological polar surface area (TPSA) is 77.3 Å². The molecule has 1 aromatic carbocycles. The fourth-order valence-electron chi connectivity index (χ4n) is 3.12. The molecular formula is C18H19FN4O2S. The maximum absolute atomic E-state index is 13.9. The summed E-state index contributed by atoms with van der Waals surface area (Å²) in [6, 6.07) is 9.41. The highest BCUT2D eigenvalue weighted by Gasteiger charge is 2.31. The summed E-state index contributed by atoms with van der Waals surface area (Å²) in [4.78, 5) is 6.06. The number of nitrogens with zero attached hydrogens (tertiary/aromatic N) is 4. The molecule has 0 aliphatic carbocycles. The summed E-state index contributed by atoms with van der Waals surface area (Å²) in [5, 5.41) is 9.42. The Balaban J connectivity index is 1.83. The number of piperazine rings is 1. The molecule has 0 unspecified atom stereocenters. The third-order valence-corrected chi connectivity index (χ3v) is 6.36. The number of aryl methyl sites for hydroxylation is 2. The minimum Gasteiger partial charge on any atom is -0.353 e. The Kier molecular flexibility index (Phi) is 4.94. The lowest BCUT2D eigenvalue weighted by molar-refractivity contribution is 0.381. The van der Waals surface area contributed by atoms with Gasteiger partial charge in [0.25, 0.3) is 0 Å². The zero-order valence-electron chi connectivity index (χ0n) is 14.6. The lowest BCUT2D eigenvalue weighted by atomic mass is 10.1. The van der Waals surface area contributed by atoms with E-state index in [2.05, 4.69) is 11.1 Å². The van der Waals surface area contributed by atoms with Crippen LogP contribution in [0.3, 0.4) is 0 Å². The van der Waals surface area contributed by atoms with Crippen LogP contribution in [0.4, 0.5) is 10.2 Å². The molecule has 3 rings (SSSR count). The molecule has 0 saturated carbocycles. The molecule has 1 fully saturated rings. The van der Waals surface area contributed by atoms with Crippen molar-refractivity contribution >= 4 is 15.8 Å². The van der Waals surface area contributed by atoms with E-state index >= 15 is 0 Å². The number of sulfonamides is 1. The number of hydrogen-bond acceptors (Lipinski definition) is 5. The summed E-state index contributed by atoms with van der Waals surface area (Å²) in [6.07, 6.45) is 0. The first-order valence-corrected chi connectivity index (χ1v) is 9.66. The van der Waals surface area contributed by atoms with Gasteiger partial charge in [0.2, 0.25) is 10.0 Å². The molecule has 0 radical (unpaired) electrons. The van der Waals surface area contributed by atoms with Crippen molar-refractivity contribution in [3.8, 4) is 6.07 Å². The molecule has 6 nitrogen and oxygen atoms in total. The Morgan fingerprint density at radius 2 is 1.81 bits per heavy atom. The Morgan fingerprint density at radius 1 is 1.15 bits per heavy atom. The number of hydrogen-bond donors (Lipinski definition) is 0. The summed E-state index contributed by atoms with van der Waals surface area (Å²) in [7, 11) is -3.88. The number of pyridine rings is 1. The SMILES string of the molecule is Cc1cc(C)c(C#N)c(N2CCN(S(=O)(=O)c3ccccc3F)CC2)n1. The molecule has 0 N–H and O–H groups in total. The van der Waals surface area contributed by atoms with Crippen molar-refractivity contribution in [1.29, 1.82) is 5.26 Å². The van der Waals surface area contributed by atoms with Crippen LogP contribution in [0.2, 0.25) is 0 Å². The van der Waals surface area contributed by atoms with E-state index in [1.807, 2.05) is 24.8 Å². The molecule has 1 aliphatic heterocycles. The van der Waals surface area contributed by atoms with Gasteiger partial charge in [-0.15, -0.1) is 0 Å². The molecule has 0 spiro atoms. The average Bonchev–Trinajstić information content (AvgIpc) is 2.61. The van der Waals surface area contributed by atoms with Gasteiger partial charge in [0, 0.05) is 31.9 Å². The standard InChI is InChI=1S/C18H19FN4O2S/c1-13-11-14(2)21-18(15(13)12-20)22-7-9-23(10-8-22)26(24,25)17-6-4-3-5-16(17)19/h3-6,11H,7-10H2,1-2H3. The largest absolute Gasteiger partial charge is 0.353 e. The molecule has 26 heavy (non-hydrogen) atoms. The number of aromatic nitrogens is 1. The predicted octanol–water partition coefficient (Wildman–Crippen LogP) is 2.22. The van der Waals surface area contributed by atoms with E-state index in [9.17, 15) is 18.1 Å². The summed E-state index contributed by atoms with van der Waals surface area (Å²) < 4.78 is 40.5. The van der Waals surface area contributed by atoms with Crippen LogP contribution in [-0.4, -0.2) is 43.9 Å². The summed E-state index contributed by atoms with van der Waals surface area (Å²) in [5.74, 6) is -0.175. The predicted molar refractivity (Wildman–Crippen MR) is 95.8 cm³/mol. The van der Waals surface area contributed by atoms with E-state index in [0.717, 1.165) is 17.3 Å². The van der Waals surface area contributed by atoms with E-state index in [1.165, 1.54) is 22.5 Å². The Morgan fingerprint density at radius 3 is 2.42 bits per heavy atom. The number of rotatable bonds is 3. The van der Waals surface area contributed by atoms with Crippen molar-refractivity contribution in [2.24, 2.45) is 0 Å². The highest BCUT2D eigenvalue weighted by atomic mass is 32.2. The monoisotopic (exact) mass is 374 g/mol. The zero-order valence-corrected chi connectivity index (χ0v) is 15.4. The van der Waals surface area contributed by atoms with Crippen LogP contribution >= 0.6 is 0 Å². The summed E-state index contributed by atoms with van der Waals surface area (Å²) in [5.41, 5.74) is 2.15. The molecule has 2 aromatic rings. The smallest absolute Gasteiger partial charge is 0.246 e. The Labute approximate surface area is 152 Å². The van der Waals surface area contributed by atoms with E-state index in [1.54, 1.807) is 0 Å². The van der Waals surface area contributed by atoms with Crippen LogP contribution in [0.1, 0.15) is 16.8 Å². The van der Waals surface area contributed by atoms with Gasteiger partial charge in [0.1, 0.15) is 22.6 Å². The number of halogens is 1. The first kappa shape index (κ1) is 18.3. The molecule has 1 saturated heterocycles. The van der Waals surface area contributed by atoms with Crippen molar-refractivity contribution in [2.45, 2.75) is 18.7 Å². The van der Waals surface area contributed by atoms with Crippen LogP contribution in [0, 0.1) is 31.0 Å². The lowest BCUT2D eigenvalue weighted by Gasteiger charge is -2.35. The molecule has 2 heterocycles. The van der Waals surface area contributed by atoms with Crippen molar-refractivity contribution < 1.29 is 12.8 Å². The van der Waals surface area contributed by atoms with E-state index in [4.69, 9.17) is 0 Å². The van der Waals surface area contributed by atoms with Gasteiger partial charge in [0.05, 0.1) is 5.56 Å². The fraction of sp³-hybridized carbons (Fsp3) is 0.333. The highest BCUT2D eigenvalue weighted by molar-refractivity contribution is 7.89. The summed E-state index contributed by atoms with van der Waals surface area (Å²) >= 11 is 0. The Bertz CT molecular complexity index is 977. The minimum absolute atomic E-state index is 0.205. The van der Waals surface area contributed by atoms with Gasteiger partial charge >= 0.3 is 0 Å². The van der Waals surface area contributed by atoms with Gasteiger partial charge in [0.15, 0.2) is 0 Å². The maximum atomic E-state index is 13.9. The lowest BCUT2D eigenvalue weighted by Crippen LogP contribution is -2.49. The maximum Gasteiger partial charge on any atom is 0.246 e. The third kappa shape index (κ3) is 3.28. The van der Waals surface area contributed by atoms with Gasteiger partial charge < -0.3 is 4.90 Å². The van der Waals surface area contributed by atoms with Crippen LogP contribution in [0.25, 0.3) is 0 Å². The molecular weight excluding hydrogens is 355 g/mol. The van der Waals surface area contributed by atoms with E-state index in [0.29, 0.717) is 24.5 Å². The van der Waals surface area contributed by atoms with Crippen molar-refractivity contribution in [3.05, 3.63) is 53.0 Å². The average molecular weight is 374 g/mol. The quantitative estimate of drug-likeness (QED) is 0.823. The second-order valence-electron chi connectivity index (χ2n) is 6.21. The van der Waals surface area contributed by atoms with Crippen LogP contribution in [0.15, 0.2) is 35.2 Å². The number of nitriles is 1. The molecule has 1 aliphatic rings. The number of anilines is 1. The van der Waals surface area contributed by atoms with Crippen molar-refractivity contribution in [1.82, 2.24) is 9.29 Å². The van der Waals surface area contributed by atoms with Crippen molar-refractivity contribution in [3.63, 3.8) is 0 Å². The van der Waals surface area contributed by atoms with Gasteiger partial charge in [-0.25, -0.2) is 17.8 Å². The number of benzene rings is 1. The molecule has 0 amide bonds. The molecule has 1 aromatic heterocycles. The van der Waals surface area contributed by atoms with Gasteiger partial charge in [-0.05, 0) is 37.6 Å². The van der Waals surface area contributed by atoms with Crippen LogP contribution in [-0.2, 0) is 10.0 Å². The highest BCUT2D eigenvalue weighted by Crippen LogP contribution is 2.25. The van der Waals surface area contributed by atoms with Crippen LogP contribution < -0.4 is 4.90 Å². The summed E-state index contributed by atoms with van der Waals surface area (Å²) in [6.45, 7) is 4.90. The molecule has 8 heteroatoms. The molecule has 0 bridgehead atoms. The molecule has 136 valence electrons. The third-order valence-electron chi connectivity index (χ3n) is 4.43. The minimum atomic E-state index is -3.88.